The number of thiazole rings is 1. The fourth-order valence-corrected chi connectivity index (χ4v) is 3.12. The highest BCUT2D eigenvalue weighted by Crippen LogP contribution is 2.38. The molecule has 0 amide bonds. The minimum atomic E-state index is -4.55. The van der Waals surface area contributed by atoms with Crippen LogP contribution in [0.1, 0.15) is 17.5 Å². The molecular formula is C13H11BrF4N2S. The number of alkyl halides is 3. The topological polar surface area (TPSA) is 24.9 Å². The quantitative estimate of drug-likeness (QED) is 0.765. The standard InChI is InChI=1S/C13H11BrF4N2S/c1-2-19-6-10-11(13(16,17)18)20-12(21-10)8-4-3-7(14)5-9(8)15/h3-5,19H,2,6H2,1H3. The predicted molar refractivity (Wildman–Crippen MR) is 77.6 cm³/mol. The second-order valence-electron chi connectivity index (χ2n) is 4.19. The van der Waals surface area contributed by atoms with E-state index in [1.165, 1.54) is 12.1 Å². The highest BCUT2D eigenvalue weighted by atomic mass is 79.9. The van der Waals surface area contributed by atoms with Crippen molar-refractivity contribution >= 4 is 27.3 Å². The average Bonchev–Trinajstić information content (AvgIpc) is 2.80. The maximum Gasteiger partial charge on any atom is 0.434 e. The summed E-state index contributed by atoms with van der Waals surface area (Å²) in [6, 6.07) is 4.18. The lowest BCUT2D eigenvalue weighted by Crippen LogP contribution is -2.15. The van der Waals surface area contributed by atoms with E-state index in [0.29, 0.717) is 11.0 Å². The number of benzene rings is 1. The van der Waals surface area contributed by atoms with Crippen molar-refractivity contribution < 1.29 is 17.6 Å². The maximum absolute atomic E-state index is 13.9. The Bertz CT molecular complexity index is 640. The number of nitrogens with zero attached hydrogens (tertiary/aromatic N) is 1. The zero-order valence-corrected chi connectivity index (χ0v) is 13.3. The van der Waals surface area contributed by atoms with Gasteiger partial charge >= 0.3 is 6.18 Å². The molecule has 8 heteroatoms. The Kier molecular flexibility index (Phi) is 5.00. The molecule has 0 spiro atoms. The molecule has 0 atom stereocenters. The first-order valence-corrected chi connectivity index (χ1v) is 7.67. The molecule has 0 bridgehead atoms. The lowest BCUT2D eigenvalue weighted by atomic mass is 10.2. The summed E-state index contributed by atoms with van der Waals surface area (Å²) in [5, 5.41) is 2.86. The van der Waals surface area contributed by atoms with Crippen LogP contribution >= 0.6 is 27.3 Å². The molecule has 1 aromatic heterocycles. The van der Waals surface area contributed by atoms with Crippen LogP contribution in [0.5, 0.6) is 0 Å². The number of hydrogen-bond donors (Lipinski definition) is 1. The average molecular weight is 383 g/mol. The summed E-state index contributed by atoms with van der Waals surface area (Å²) in [7, 11) is 0. The molecule has 0 aliphatic carbocycles. The molecule has 2 nitrogen and oxygen atoms in total. The van der Waals surface area contributed by atoms with Crippen LogP contribution < -0.4 is 5.32 Å². The number of halogens is 5. The van der Waals surface area contributed by atoms with Crippen LogP contribution in [0.15, 0.2) is 22.7 Å². The second kappa shape index (κ2) is 6.41. The van der Waals surface area contributed by atoms with Crippen LogP contribution in [0.2, 0.25) is 0 Å². The number of hydrogen-bond acceptors (Lipinski definition) is 3. The maximum atomic E-state index is 13.9. The third-order valence-electron chi connectivity index (χ3n) is 2.66. The van der Waals surface area contributed by atoms with E-state index >= 15 is 0 Å². The predicted octanol–water partition coefficient (Wildman–Crippen LogP) is 4.84. The van der Waals surface area contributed by atoms with Gasteiger partial charge in [0, 0.05) is 16.6 Å². The largest absolute Gasteiger partial charge is 0.434 e. The van der Waals surface area contributed by atoms with E-state index in [4.69, 9.17) is 0 Å². The Morgan fingerprint density at radius 3 is 2.62 bits per heavy atom. The van der Waals surface area contributed by atoms with Gasteiger partial charge in [-0.2, -0.15) is 13.2 Å². The molecule has 0 aliphatic rings. The van der Waals surface area contributed by atoms with Gasteiger partial charge < -0.3 is 5.32 Å². The zero-order chi connectivity index (χ0) is 15.6. The van der Waals surface area contributed by atoms with E-state index in [-0.39, 0.29) is 22.0 Å². The summed E-state index contributed by atoms with van der Waals surface area (Å²) >= 11 is 3.96. The van der Waals surface area contributed by atoms with E-state index in [2.05, 4.69) is 26.2 Å². The van der Waals surface area contributed by atoms with Crippen molar-refractivity contribution in [1.82, 2.24) is 10.3 Å². The van der Waals surface area contributed by atoms with E-state index in [1.807, 2.05) is 0 Å². The lowest BCUT2D eigenvalue weighted by molar-refractivity contribution is -0.141. The SMILES string of the molecule is CCNCc1sc(-c2ccc(Br)cc2F)nc1C(F)(F)F. The van der Waals surface area contributed by atoms with Crippen molar-refractivity contribution in [3.63, 3.8) is 0 Å². The summed E-state index contributed by atoms with van der Waals surface area (Å²) in [6.45, 7) is 2.39. The summed E-state index contributed by atoms with van der Waals surface area (Å²) < 4.78 is 53.3. The number of rotatable bonds is 4. The molecule has 0 unspecified atom stereocenters. The van der Waals surface area contributed by atoms with Gasteiger partial charge in [-0.3, -0.25) is 0 Å². The Morgan fingerprint density at radius 1 is 1.33 bits per heavy atom. The van der Waals surface area contributed by atoms with Crippen molar-refractivity contribution in [2.45, 2.75) is 19.6 Å². The fraction of sp³-hybridized carbons (Fsp3) is 0.308. The van der Waals surface area contributed by atoms with Crippen molar-refractivity contribution in [1.29, 1.82) is 0 Å². The minimum absolute atomic E-state index is 0.0280. The Hall–Kier alpha value is -0.990. The summed E-state index contributed by atoms with van der Waals surface area (Å²) in [5.74, 6) is -0.609. The molecule has 2 aromatic rings. The monoisotopic (exact) mass is 382 g/mol. The fourth-order valence-electron chi connectivity index (χ4n) is 1.71. The number of nitrogens with one attached hydrogen (secondary N) is 1. The Morgan fingerprint density at radius 2 is 2.05 bits per heavy atom. The summed E-state index contributed by atoms with van der Waals surface area (Å²) in [6.07, 6.45) is -4.55. The van der Waals surface area contributed by atoms with Gasteiger partial charge in [0.15, 0.2) is 5.69 Å². The van der Waals surface area contributed by atoms with E-state index in [9.17, 15) is 17.6 Å². The Balaban J connectivity index is 2.47. The molecule has 1 N–H and O–H groups in total. The van der Waals surface area contributed by atoms with Gasteiger partial charge in [-0.15, -0.1) is 11.3 Å². The molecule has 1 heterocycles. The van der Waals surface area contributed by atoms with Crippen LogP contribution in [0, 0.1) is 5.82 Å². The van der Waals surface area contributed by atoms with Crippen molar-refractivity contribution in [2.75, 3.05) is 6.54 Å². The summed E-state index contributed by atoms with van der Waals surface area (Å²) in [5.41, 5.74) is -0.887. The molecule has 0 fully saturated rings. The van der Waals surface area contributed by atoms with Gasteiger partial charge in [0.25, 0.3) is 0 Å². The molecular weight excluding hydrogens is 372 g/mol. The zero-order valence-electron chi connectivity index (χ0n) is 10.9. The van der Waals surface area contributed by atoms with Gasteiger partial charge in [-0.1, -0.05) is 22.9 Å². The molecule has 114 valence electrons. The van der Waals surface area contributed by atoms with Crippen LogP contribution in [0.4, 0.5) is 17.6 Å². The first-order valence-electron chi connectivity index (χ1n) is 6.06. The van der Waals surface area contributed by atoms with Gasteiger partial charge in [-0.25, -0.2) is 9.37 Å². The smallest absolute Gasteiger partial charge is 0.312 e. The molecule has 1 aromatic carbocycles. The minimum Gasteiger partial charge on any atom is -0.312 e. The van der Waals surface area contributed by atoms with Gasteiger partial charge in [0.05, 0.1) is 4.88 Å². The van der Waals surface area contributed by atoms with Gasteiger partial charge in [0.1, 0.15) is 10.8 Å². The van der Waals surface area contributed by atoms with Crippen LogP contribution in [-0.4, -0.2) is 11.5 Å². The van der Waals surface area contributed by atoms with E-state index in [1.54, 1.807) is 13.0 Å². The van der Waals surface area contributed by atoms with Crippen LogP contribution in [0.25, 0.3) is 10.6 Å². The van der Waals surface area contributed by atoms with Crippen LogP contribution in [0.3, 0.4) is 0 Å². The Labute approximate surface area is 131 Å². The normalized spacial score (nSPS) is 11.9. The molecule has 0 saturated carbocycles. The highest BCUT2D eigenvalue weighted by Gasteiger charge is 2.37. The molecule has 21 heavy (non-hydrogen) atoms. The van der Waals surface area contributed by atoms with Crippen molar-refractivity contribution in [2.24, 2.45) is 0 Å². The molecule has 0 saturated heterocycles. The van der Waals surface area contributed by atoms with Gasteiger partial charge in [-0.05, 0) is 24.7 Å². The number of aromatic nitrogens is 1. The molecule has 0 aliphatic heterocycles. The first kappa shape index (κ1) is 16.4. The second-order valence-corrected chi connectivity index (χ2v) is 6.19. The van der Waals surface area contributed by atoms with E-state index < -0.39 is 17.7 Å². The van der Waals surface area contributed by atoms with Crippen molar-refractivity contribution in [3.05, 3.63) is 39.1 Å². The van der Waals surface area contributed by atoms with Gasteiger partial charge in [0.2, 0.25) is 0 Å². The third-order valence-corrected chi connectivity index (χ3v) is 4.24. The first-order chi connectivity index (χ1) is 9.82. The lowest BCUT2D eigenvalue weighted by Gasteiger charge is -2.05. The molecule has 0 radical (unpaired) electrons. The van der Waals surface area contributed by atoms with Crippen molar-refractivity contribution in [3.8, 4) is 10.6 Å². The summed E-state index contributed by atoms with van der Waals surface area (Å²) in [4.78, 5) is 3.65. The van der Waals surface area contributed by atoms with E-state index in [0.717, 1.165) is 11.3 Å². The molecule has 2 rings (SSSR count). The highest BCUT2D eigenvalue weighted by molar-refractivity contribution is 9.10. The van der Waals surface area contributed by atoms with Crippen LogP contribution in [-0.2, 0) is 12.7 Å². The third kappa shape index (κ3) is 3.81.